The number of aryl methyl sites for hydroxylation is 1. The molecule has 0 aliphatic carbocycles. The summed E-state index contributed by atoms with van der Waals surface area (Å²) < 4.78 is 39.0. The Balaban J connectivity index is 0.00000289. The predicted octanol–water partition coefficient (Wildman–Crippen LogP) is 3.59. The number of ether oxygens (including phenoxy) is 2. The van der Waals surface area contributed by atoms with Crippen LogP contribution in [0.1, 0.15) is 29.5 Å². The summed E-state index contributed by atoms with van der Waals surface area (Å²) >= 11 is 0. The van der Waals surface area contributed by atoms with Crippen molar-refractivity contribution in [1.29, 1.82) is 0 Å². The van der Waals surface area contributed by atoms with Gasteiger partial charge in [-0.05, 0) is 86.1 Å². The zero-order valence-corrected chi connectivity index (χ0v) is 20.6. The topological polar surface area (TPSA) is 67.9 Å². The number of fused-ring (bicyclic) bond motifs is 1. The van der Waals surface area contributed by atoms with Gasteiger partial charge in [-0.3, -0.25) is 4.90 Å². The third kappa shape index (κ3) is 4.91. The molecular weight excluding hydrogens is 448 g/mol. The van der Waals surface area contributed by atoms with Crippen molar-refractivity contribution in [2.45, 2.75) is 43.0 Å². The standard InChI is InChI=1S/C24H32N2O4S.ClH/c1-17-4-7-23(22(14-17)30-3)31(27,28)24(18-8-11-25-12-9-18)26-13-10-19-15-21(29-2)6-5-20(19)16-26;/h4-7,14-15,18,24-25H,8-13,16H2,1-3H3;1H. The molecule has 2 aromatic rings. The van der Waals surface area contributed by atoms with Crippen LogP contribution in [0.3, 0.4) is 0 Å². The maximum absolute atomic E-state index is 14.1. The van der Waals surface area contributed by atoms with Crippen LogP contribution in [-0.2, 0) is 22.8 Å². The van der Waals surface area contributed by atoms with E-state index in [1.54, 1.807) is 13.2 Å². The molecule has 1 fully saturated rings. The number of methoxy groups -OCH3 is 2. The second-order valence-corrected chi connectivity index (χ2v) is 10.5. The molecule has 1 unspecified atom stereocenters. The third-order valence-electron chi connectivity index (χ3n) is 6.55. The van der Waals surface area contributed by atoms with E-state index in [-0.39, 0.29) is 18.3 Å². The van der Waals surface area contributed by atoms with Gasteiger partial charge in [-0.2, -0.15) is 0 Å². The molecular formula is C24H33ClN2O4S. The Morgan fingerprint density at radius 1 is 1.03 bits per heavy atom. The highest BCUT2D eigenvalue weighted by atomic mass is 35.5. The number of piperidine rings is 1. The van der Waals surface area contributed by atoms with Crippen LogP contribution in [0.15, 0.2) is 41.3 Å². The van der Waals surface area contributed by atoms with E-state index >= 15 is 0 Å². The van der Waals surface area contributed by atoms with E-state index in [0.29, 0.717) is 23.7 Å². The fourth-order valence-corrected chi connectivity index (χ4v) is 7.20. The Morgan fingerprint density at radius 2 is 1.78 bits per heavy atom. The van der Waals surface area contributed by atoms with Crippen molar-refractivity contribution in [3.63, 3.8) is 0 Å². The number of hydrogen-bond donors (Lipinski definition) is 1. The minimum Gasteiger partial charge on any atom is -0.497 e. The van der Waals surface area contributed by atoms with E-state index < -0.39 is 15.2 Å². The van der Waals surface area contributed by atoms with Crippen LogP contribution in [0.25, 0.3) is 0 Å². The van der Waals surface area contributed by atoms with E-state index in [4.69, 9.17) is 9.47 Å². The van der Waals surface area contributed by atoms with Gasteiger partial charge < -0.3 is 14.8 Å². The minimum absolute atomic E-state index is 0. The summed E-state index contributed by atoms with van der Waals surface area (Å²) in [6, 6.07) is 11.5. The fraction of sp³-hybridized carbons (Fsp3) is 0.500. The number of rotatable bonds is 6. The van der Waals surface area contributed by atoms with Crippen molar-refractivity contribution in [2.24, 2.45) is 5.92 Å². The van der Waals surface area contributed by atoms with Gasteiger partial charge in [-0.25, -0.2) is 8.42 Å². The van der Waals surface area contributed by atoms with Crippen molar-refractivity contribution in [3.05, 3.63) is 53.1 Å². The summed E-state index contributed by atoms with van der Waals surface area (Å²) in [5.74, 6) is 1.36. The average molecular weight is 481 g/mol. The van der Waals surface area contributed by atoms with Gasteiger partial charge in [0, 0.05) is 13.1 Å². The van der Waals surface area contributed by atoms with E-state index in [1.165, 1.54) is 18.2 Å². The van der Waals surface area contributed by atoms with E-state index in [0.717, 1.165) is 43.7 Å². The maximum Gasteiger partial charge on any atom is 0.198 e. The summed E-state index contributed by atoms with van der Waals surface area (Å²) in [6.07, 6.45) is 2.52. The molecule has 2 aliphatic heterocycles. The smallest absolute Gasteiger partial charge is 0.198 e. The third-order valence-corrected chi connectivity index (χ3v) is 8.81. The molecule has 0 spiro atoms. The van der Waals surface area contributed by atoms with E-state index in [9.17, 15) is 8.42 Å². The van der Waals surface area contributed by atoms with Gasteiger partial charge in [0.2, 0.25) is 0 Å². The van der Waals surface area contributed by atoms with Crippen molar-refractivity contribution in [1.82, 2.24) is 10.2 Å². The van der Waals surface area contributed by atoms with Crippen LogP contribution in [0.2, 0.25) is 0 Å². The maximum atomic E-state index is 14.1. The normalized spacial score (nSPS) is 18.3. The van der Waals surface area contributed by atoms with E-state index in [1.807, 2.05) is 25.1 Å². The lowest BCUT2D eigenvalue weighted by molar-refractivity contribution is 0.159. The van der Waals surface area contributed by atoms with Crippen molar-refractivity contribution in [3.8, 4) is 11.5 Å². The first-order chi connectivity index (χ1) is 14.9. The zero-order valence-electron chi connectivity index (χ0n) is 19.0. The SMILES string of the molecule is COc1ccc2c(c1)CCN(C(C1CCNCC1)S(=O)(=O)c1ccc(C)cc1OC)C2.Cl. The molecule has 2 heterocycles. The Hall–Kier alpha value is -1.80. The quantitative estimate of drug-likeness (QED) is 0.681. The van der Waals surface area contributed by atoms with Crippen LogP contribution >= 0.6 is 12.4 Å². The van der Waals surface area contributed by atoms with E-state index in [2.05, 4.69) is 22.3 Å². The largest absolute Gasteiger partial charge is 0.497 e. The molecule has 1 atom stereocenters. The molecule has 0 aromatic heterocycles. The summed E-state index contributed by atoms with van der Waals surface area (Å²) in [6.45, 7) is 4.98. The Morgan fingerprint density at radius 3 is 2.47 bits per heavy atom. The van der Waals surface area contributed by atoms with Gasteiger partial charge in [0.25, 0.3) is 0 Å². The molecule has 4 rings (SSSR count). The van der Waals surface area contributed by atoms with Crippen molar-refractivity contribution >= 4 is 22.2 Å². The number of nitrogens with zero attached hydrogens (tertiary/aromatic N) is 1. The first-order valence-corrected chi connectivity index (χ1v) is 12.5. The van der Waals surface area contributed by atoms with Crippen LogP contribution in [0, 0.1) is 12.8 Å². The number of nitrogens with one attached hydrogen (secondary N) is 1. The highest BCUT2D eigenvalue weighted by Gasteiger charge is 2.42. The molecule has 8 heteroatoms. The van der Waals surface area contributed by atoms with Crippen molar-refractivity contribution in [2.75, 3.05) is 33.9 Å². The molecule has 1 N–H and O–H groups in total. The predicted molar refractivity (Wildman–Crippen MR) is 129 cm³/mol. The molecule has 0 bridgehead atoms. The Kier molecular flexibility index (Phi) is 8.09. The second-order valence-electron chi connectivity index (χ2n) is 8.53. The lowest BCUT2D eigenvalue weighted by atomic mass is 9.94. The molecule has 176 valence electrons. The highest BCUT2D eigenvalue weighted by Crippen LogP contribution is 2.37. The molecule has 6 nitrogen and oxygen atoms in total. The average Bonchev–Trinajstić information content (AvgIpc) is 2.79. The van der Waals surface area contributed by atoms with Gasteiger partial charge in [0.05, 0.1) is 14.2 Å². The monoisotopic (exact) mass is 480 g/mol. The van der Waals surface area contributed by atoms with Crippen LogP contribution in [0.5, 0.6) is 11.5 Å². The summed E-state index contributed by atoms with van der Waals surface area (Å²) in [5, 5.41) is 2.80. The summed E-state index contributed by atoms with van der Waals surface area (Å²) in [4.78, 5) is 2.46. The lowest BCUT2D eigenvalue weighted by Gasteiger charge is -2.40. The van der Waals surface area contributed by atoms with Gasteiger partial charge >= 0.3 is 0 Å². The number of sulfone groups is 1. The Labute approximate surface area is 197 Å². The number of hydrogen-bond acceptors (Lipinski definition) is 6. The molecule has 0 radical (unpaired) electrons. The second kappa shape index (κ2) is 10.4. The van der Waals surface area contributed by atoms with Crippen LogP contribution in [-0.4, -0.2) is 52.5 Å². The van der Waals surface area contributed by atoms with Crippen LogP contribution < -0.4 is 14.8 Å². The number of benzene rings is 2. The minimum atomic E-state index is -3.63. The molecule has 2 aliphatic rings. The van der Waals surface area contributed by atoms with Crippen LogP contribution in [0.4, 0.5) is 0 Å². The summed E-state index contributed by atoms with van der Waals surface area (Å²) in [7, 11) is -0.415. The molecule has 1 saturated heterocycles. The first-order valence-electron chi connectivity index (χ1n) is 10.9. The molecule has 32 heavy (non-hydrogen) atoms. The highest BCUT2D eigenvalue weighted by molar-refractivity contribution is 7.92. The van der Waals surface area contributed by atoms with Gasteiger partial charge in [-0.1, -0.05) is 12.1 Å². The zero-order chi connectivity index (χ0) is 22.0. The van der Waals surface area contributed by atoms with Crippen molar-refractivity contribution < 1.29 is 17.9 Å². The van der Waals surface area contributed by atoms with Gasteiger partial charge in [0.1, 0.15) is 21.8 Å². The fourth-order valence-electron chi connectivity index (χ4n) is 4.91. The molecule has 0 amide bonds. The van der Waals surface area contributed by atoms with Gasteiger partial charge in [0.15, 0.2) is 9.84 Å². The Bertz CT molecular complexity index is 1040. The molecule has 0 saturated carbocycles. The van der Waals surface area contributed by atoms with Gasteiger partial charge in [-0.15, -0.1) is 12.4 Å². The molecule has 2 aromatic carbocycles. The number of halogens is 1. The lowest BCUT2D eigenvalue weighted by Crippen LogP contribution is -2.50. The summed E-state index contributed by atoms with van der Waals surface area (Å²) in [5.41, 5.74) is 3.40. The first kappa shape index (κ1) is 24.8.